The quantitative estimate of drug-likeness (QED) is 0.653. The summed E-state index contributed by atoms with van der Waals surface area (Å²) < 4.78 is 4.44. The van der Waals surface area contributed by atoms with Gasteiger partial charge in [-0.25, -0.2) is 9.59 Å². The molecular formula is C16H20N2O5. The number of rotatable bonds is 7. The van der Waals surface area contributed by atoms with E-state index in [1.807, 2.05) is 6.07 Å². The van der Waals surface area contributed by atoms with Gasteiger partial charge in [-0.1, -0.05) is 36.9 Å². The monoisotopic (exact) mass is 320 g/mol. The maximum Gasteiger partial charge on any atom is 0.407 e. The summed E-state index contributed by atoms with van der Waals surface area (Å²) in [5, 5.41) is 14.0. The number of carbonyl (C=O) groups is 3. The van der Waals surface area contributed by atoms with Crippen LogP contribution in [0.5, 0.6) is 0 Å². The molecule has 124 valence electrons. The zero-order valence-corrected chi connectivity index (χ0v) is 13.0. The number of carboxylic acid groups (broad SMARTS) is 1. The van der Waals surface area contributed by atoms with Gasteiger partial charge < -0.3 is 20.5 Å². The molecule has 2 atom stereocenters. The van der Waals surface area contributed by atoms with Crippen molar-refractivity contribution in [1.29, 1.82) is 0 Å². The van der Waals surface area contributed by atoms with E-state index >= 15 is 0 Å². The van der Waals surface area contributed by atoms with E-state index in [0.29, 0.717) is 5.57 Å². The molecule has 1 aromatic carbocycles. The van der Waals surface area contributed by atoms with Gasteiger partial charge in [0.05, 0.1) is 7.11 Å². The van der Waals surface area contributed by atoms with Crippen LogP contribution in [0.4, 0.5) is 4.79 Å². The van der Waals surface area contributed by atoms with Crippen molar-refractivity contribution in [3.05, 3.63) is 48.0 Å². The summed E-state index contributed by atoms with van der Waals surface area (Å²) in [5.41, 5.74) is 1.13. The Hall–Kier alpha value is -2.83. The molecule has 0 aliphatic carbocycles. The lowest BCUT2D eigenvalue weighted by molar-refractivity contribution is -0.141. The number of aliphatic carboxylic acids is 1. The second kappa shape index (κ2) is 8.57. The number of carbonyl (C=O) groups excluding carboxylic acids is 2. The van der Waals surface area contributed by atoms with Gasteiger partial charge in [0.2, 0.25) is 5.91 Å². The lowest BCUT2D eigenvalue weighted by atomic mass is 10.0. The van der Waals surface area contributed by atoms with Gasteiger partial charge in [-0.15, -0.1) is 0 Å². The normalized spacial score (nSPS) is 12.6. The highest BCUT2D eigenvalue weighted by Crippen LogP contribution is 2.05. The summed E-state index contributed by atoms with van der Waals surface area (Å²) in [6.45, 7) is 5.17. The summed E-state index contributed by atoms with van der Waals surface area (Å²) >= 11 is 0. The molecule has 0 aromatic heterocycles. The summed E-state index contributed by atoms with van der Waals surface area (Å²) in [6.07, 6.45) is -0.675. The van der Waals surface area contributed by atoms with Gasteiger partial charge in [0, 0.05) is 6.42 Å². The third kappa shape index (κ3) is 5.82. The van der Waals surface area contributed by atoms with Crippen molar-refractivity contribution in [2.24, 2.45) is 0 Å². The van der Waals surface area contributed by atoms with Gasteiger partial charge in [-0.05, 0) is 18.1 Å². The molecule has 1 aromatic rings. The maximum atomic E-state index is 12.2. The molecular weight excluding hydrogens is 300 g/mol. The van der Waals surface area contributed by atoms with Crippen LogP contribution in [0.15, 0.2) is 42.5 Å². The minimum absolute atomic E-state index is 0.128. The molecule has 1 rings (SSSR count). The molecule has 7 heteroatoms. The van der Waals surface area contributed by atoms with Gasteiger partial charge >= 0.3 is 12.1 Å². The number of nitrogens with one attached hydrogen (secondary N) is 2. The van der Waals surface area contributed by atoms with E-state index in [2.05, 4.69) is 21.9 Å². The fourth-order valence-electron chi connectivity index (χ4n) is 1.89. The second-order valence-corrected chi connectivity index (χ2v) is 5.00. The lowest BCUT2D eigenvalue weighted by Gasteiger charge is -2.21. The van der Waals surface area contributed by atoms with Crippen LogP contribution in [0.25, 0.3) is 0 Å². The summed E-state index contributed by atoms with van der Waals surface area (Å²) in [7, 11) is 1.16. The zero-order chi connectivity index (χ0) is 17.4. The van der Waals surface area contributed by atoms with Crippen LogP contribution >= 0.6 is 0 Å². The third-order valence-corrected chi connectivity index (χ3v) is 3.10. The van der Waals surface area contributed by atoms with E-state index in [0.717, 1.165) is 12.7 Å². The Morgan fingerprint density at radius 1 is 1.22 bits per heavy atom. The molecule has 0 saturated heterocycles. The summed E-state index contributed by atoms with van der Waals surface area (Å²) in [6, 6.07) is 6.73. The predicted molar refractivity (Wildman–Crippen MR) is 83.9 cm³/mol. The Morgan fingerprint density at radius 2 is 1.83 bits per heavy atom. The average molecular weight is 320 g/mol. The van der Waals surface area contributed by atoms with Crippen LogP contribution in [0.2, 0.25) is 0 Å². The SMILES string of the molecule is C=C(C)[C@H](NC(=O)OC)C(=O)N[C@@H](Cc1ccccc1)C(=O)O. The number of carboxylic acids is 1. The molecule has 0 fully saturated rings. The van der Waals surface area contributed by atoms with Crippen LogP contribution in [0.1, 0.15) is 12.5 Å². The highest BCUT2D eigenvalue weighted by Gasteiger charge is 2.27. The number of amides is 2. The highest BCUT2D eigenvalue weighted by atomic mass is 16.5. The van der Waals surface area contributed by atoms with Crippen molar-refractivity contribution in [1.82, 2.24) is 10.6 Å². The van der Waals surface area contributed by atoms with Crippen molar-refractivity contribution < 1.29 is 24.2 Å². The summed E-state index contributed by atoms with van der Waals surface area (Å²) in [4.78, 5) is 34.9. The Morgan fingerprint density at radius 3 is 2.30 bits per heavy atom. The van der Waals surface area contributed by atoms with E-state index in [9.17, 15) is 19.5 Å². The van der Waals surface area contributed by atoms with Gasteiger partial charge in [0.1, 0.15) is 12.1 Å². The minimum Gasteiger partial charge on any atom is -0.480 e. The molecule has 0 aliphatic heterocycles. The molecule has 7 nitrogen and oxygen atoms in total. The van der Waals surface area contributed by atoms with E-state index in [1.165, 1.54) is 0 Å². The first-order valence-electron chi connectivity index (χ1n) is 6.92. The van der Waals surface area contributed by atoms with Gasteiger partial charge in [-0.2, -0.15) is 0 Å². The first kappa shape index (κ1) is 18.2. The molecule has 2 amide bonds. The van der Waals surface area contributed by atoms with Crippen LogP contribution in [0, 0.1) is 0 Å². The first-order chi connectivity index (χ1) is 10.8. The smallest absolute Gasteiger partial charge is 0.407 e. The predicted octanol–water partition coefficient (Wildman–Crippen LogP) is 1.10. The topological polar surface area (TPSA) is 105 Å². The Balaban J connectivity index is 2.81. The molecule has 0 heterocycles. The number of hydrogen-bond acceptors (Lipinski definition) is 4. The maximum absolute atomic E-state index is 12.2. The minimum atomic E-state index is -1.17. The van der Waals surface area contributed by atoms with Crippen LogP contribution in [-0.4, -0.2) is 42.3 Å². The van der Waals surface area contributed by atoms with Gasteiger partial charge in [-0.3, -0.25) is 4.79 Å². The van der Waals surface area contributed by atoms with Crippen molar-refractivity contribution in [2.45, 2.75) is 25.4 Å². The first-order valence-corrected chi connectivity index (χ1v) is 6.92. The van der Waals surface area contributed by atoms with Crippen molar-refractivity contribution >= 4 is 18.0 Å². The lowest BCUT2D eigenvalue weighted by Crippen LogP contribution is -2.52. The summed E-state index contributed by atoms with van der Waals surface area (Å²) in [5.74, 6) is -1.83. The average Bonchev–Trinajstić information content (AvgIpc) is 2.52. The highest BCUT2D eigenvalue weighted by molar-refractivity contribution is 5.91. The van der Waals surface area contributed by atoms with Crippen LogP contribution < -0.4 is 10.6 Å². The van der Waals surface area contributed by atoms with Crippen molar-refractivity contribution in [3.63, 3.8) is 0 Å². The molecule has 23 heavy (non-hydrogen) atoms. The molecule has 0 spiro atoms. The number of alkyl carbamates (subject to hydrolysis) is 1. The van der Waals surface area contributed by atoms with Crippen molar-refractivity contribution in [3.8, 4) is 0 Å². The fraction of sp³-hybridized carbons (Fsp3) is 0.312. The van der Waals surface area contributed by atoms with Gasteiger partial charge in [0.25, 0.3) is 0 Å². The van der Waals surface area contributed by atoms with Crippen LogP contribution in [-0.2, 0) is 20.7 Å². The number of hydrogen-bond donors (Lipinski definition) is 3. The Labute approximate surface area is 134 Å². The molecule has 0 bridgehead atoms. The molecule has 0 unspecified atom stereocenters. The van der Waals surface area contributed by atoms with E-state index in [1.54, 1.807) is 31.2 Å². The second-order valence-electron chi connectivity index (χ2n) is 5.00. The van der Waals surface area contributed by atoms with E-state index in [4.69, 9.17) is 0 Å². The van der Waals surface area contributed by atoms with Crippen LogP contribution in [0.3, 0.4) is 0 Å². The third-order valence-electron chi connectivity index (χ3n) is 3.10. The molecule has 0 radical (unpaired) electrons. The molecule has 0 aliphatic rings. The van der Waals surface area contributed by atoms with Gasteiger partial charge in [0.15, 0.2) is 0 Å². The van der Waals surface area contributed by atoms with E-state index in [-0.39, 0.29) is 6.42 Å². The fourth-order valence-corrected chi connectivity index (χ4v) is 1.89. The number of methoxy groups -OCH3 is 1. The van der Waals surface area contributed by atoms with E-state index < -0.39 is 30.1 Å². The molecule has 0 saturated carbocycles. The number of ether oxygens (including phenoxy) is 1. The largest absolute Gasteiger partial charge is 0.480 e. The zero-order valence-electron chi connectivity index (χ0n) is 13.0. The van der Waals surface area contributed by atoms with Crippen molar-refractivity contribution in [2.75, 3.05) is 7.11 Å². The molecule has 3 N–H and O–H groups in total. The Bertz CT molecular complexity index is 585. The Kier molecular flexibility index (Phi) is 6.79. The number of benzene rings is 1. The standard InChI is InChI=1S/C16H20N2O5/c1-10(2)13(18-16(22)23-3)14(19)17-12(15(20)21)9-11-7-5-4-6-8-11/h4-8,12-13H,1,9H2,2-3H3,(H,17,19)(H,18,22)(H,20,21)/t12-,13-/m0/s1.